The van der Waals surface area contributed by atoms with Gasteiger partial charge in [-0.25, -0.2) is 15.0 Å². The Labute approximate surface area is 304 Å². The largest absolute Gasteiger partial charge is 0.456 e. The third kappa shape index (κ3) is 4.67. The lowest BCUT2D eigenvalue weighted by Crippen LogP contribution is -2.00. The van der Waals surface area contributed by atoms with Crippen LogP contribution in [-0.4, -0.2) is 19.5 Å². The van der Waals surface area contributed by atoms with E-state index in [9.17, 15) is 4.11 Å². The van der Waals surface area contributed by atoms with Crippen LogP contribution in [0.3, 0.4) is 0 Å². The van der Waals surface area contributed by atoms with Gasteiger partial charge in [0.15, 0.2) is 17.5 Å². The second-order valence-corrected chi connectivity index (χ2v) is 11.6. The minimum Gasteiger partial charge on any atom is -0.456 e. The summed E-state index contributed by atoms with van der Waals surface area (Å²) in [5.74, 6) is 0.999. The van der Waals surface area contributed by atoms with Gasteiger partial charge in [-0.1, -0.05) is 115 Å². The number of furan rings is 1. The van der Waals surface area contributed by atoms with Gasteiger partial charge >= 0.3 is 0 Å². The van der Waals surface area contributed by atoms with E-state index in [4.69, 9.17) is 31.7 Å². The highest BCUT2D eigenvalue weighted by Gasteiger charge is 2.16. The summed E-state index contributed by atoms with van der Waals surface area (Å²) >= 11 is 0. The highest BCUT2D eigenvalue weighted by molar-refractivity contribution is 6.10. The van der Waals surface area contributed by atoms with Crippen LogP contribution >= 0.6 is 0 Å². The average molecular weight is 653 g/mol. The van der Waals surface area contributed by atoms with Gasteiger partial charge in [0.05, 0.1) is 27.5 Å². The minimum absolute atomic E-state index is 0.0511. The standard InChI is InChI=1S/C45H28N4O/c1-3-12-29(13-4-1)43-46-44(48-45(47-43)33-22-24-37-36-19-8-10-21-41(36)50-42(37)28-33)32-15-11-14-30(26-32)31-23-25-40-38(27-31)35-18-7-9-20-39(35)49(40)34-16-5-2-6-17-34/h1-28H/i2D,5D,6D,7D,9D,16D,17D,18D,20D,23D,25D,27D. The molecule has 0 fully saturated rings. The molecule has 5 heteroatoms. The smallest absolute Gasteiger partial charge is 0.164 e. The summed E-state index contributed by atoms with van der Waals surface area (Å²) in [4.78, 5) is 14.6. The van der Waals surface area contributed by atoms with Crippen molar-refractivity contribution < 1.29 is 20.9 Å². The maximum absolute atomic E-state index is 9.65. The Morgan fingerprint density at radius 2 is 1.10 bits per heavy atom. The fourth-order valence-electron chi connectivity index (χ4n) is 6.27. The van der Waals surface area contributed by atoms with Crippen LogP contribution in [-0.2, 0) is 0 Å². The Kier molecular flexibility index (Phi) is 4.24. The molecule has 0 saturated carbocycles. The van der Waals surface area contributed by atoms with Gasteiger partial charge in [0, 0.05) is 43.9 Å². The Morgan fingerprint density at radius 3 is 1.96 bits per heavy atom. The molecule has 3 heterocycles. The quantitative estimate of drug-likeness (QED) is 0.186. The Hall–Kier alpha value is -6.85. The number of hydrogen-bond donors (Lipinski definition) is 0. The van der Waals surface area contributed by atoms with Crippen LogP contribution in [0.5, 0.6) is 0 Å². The van der Waals surface area contributed by atoms with Gasteiger partial charge in [0.25, 0.3) is 0 Å². The highest BCUT2D eigenvalue weighted by Crippen LogP contribution is 2.36. The Balaban J connectivity index is 1.21. The lowest BCUT2D eigenvalue weighted by Gasteiger charge is -2.10. The zero-order valence-corrected chi connectivity index (χ0v) is 25.9. The number of hydrogen-bond acceptors (Lipinski definition) is 4. The number of para-hydroxylation sites is 3. The topological polar surface area (TPSA) is 56.7 Å². The lowest BCUT2D eigenvalue weighted by atomic mass is 10.0. The van der Waals surface area contributed by atoms with E-state index in [-0.39, 0.29) is 39.2 Å². The summed E-state index contributed by atoms with van der Waals surface area (Å²) in [5.41, 5.74) is 2.44. The molecule has 0 radical (unpaired) electrons. The van der Waals surface area contributed by atoms with E-state index in [2.05, 4.69) is 0 Å². The van der Waals surface area contributed by atoms with Crippen molar-refractivity contribution in [1.29, 1.82) is 0 Å². The molecule has 5 nitrogen and oxygen atoms in total. The predicted octanol–water partition coefficient (Wildman–Crippen LogP) is 11.5. The Morgan fingerprint density at radius 1 is 0.440 bits per heavy atom. The molecule has 0 amide bonds. The first kappa shape index (κ1) is 18.6. The summed E-state index contributed by atoms with van der Waals surface area (Å²) in [5, 5.41) is 1.55. The predicted molar refractivity (Wildman–Crippen MR) is 203 cm³/mol. The second-order valence-electron chi connectivity index (χ2n) is 11.6. The molecule has 234 valence electrons. The van der Waals surface area contributed by atoms with Crippen LogP contribution in [0.2, 0.25) is 0 Å². The van der Waals surface area contributed by atoms with Gasteiger partial charge in [-0.3, -0.25) is 0 Å². The molecule has 0 unspecified atom stereocenters. The molecule has 10 aromatic rings. The second kappa shape index (κ2) is 11.4. The maximum Gasteiger partial charge on any atom is 0.164 e. The fourth-order valence-corrected chi connectivity index (χ4v) is 6.27. The molecular weight excluding hydrogens is 613 g/mol. The van der Waals surface area contributed by atoms with Crippen LogP contribution in [0.4, 0.5) is 0 Å². The molecule has 0 aliphatic heterocycles. The summed E-state index contributed by atoms with van der Waals surface area (Å²) in [6, 6.07) is 22.3. The van der Waals surface area contributed by atoms with E-state index in [0.29, 0.717) is 33.9 Å². The number of rotatable bonds is 5. The van der Waals surface area contributed by atoms with E-state index in [0.717, 1.165) is 26.5 Å². The molecule has 3 aromatic heterocycles. The maximum atomic E-state index is 9.65. The van der Waals surface area contributed by atoms with E-state index in [1.165, 1.54) is 0 Å². The molecular formula is C45H28N4O. The van der Waals surface area contributed by atoms with Crippen LogP contribution in [0, 0.1) is 0 Å². The summed E-state index contributed by atoms with van der Waals surface area (Å²) < 4.78 is 113. The van der Waals surface area contributed by atoms with E-state index in [1.807, 2.05) is 72.8 Å². The monoisotopic (exact) mass is 652 g/mol. The number of aromatic nitrogens is 4. The van der Waals surface area contributed by atoms with Crippen LogP contribution in [0.1, 0.15) is 16.4 Å². The molecule has 0 saturated heterocycles. The van der Waals surface area contributed by atoms with Crippen molar-refractivity contribution in [1.82, 2.24) is 19.5 Å². The van der Waals surface area contributed by atoms with Crippen molar-refractivity contribution in [2.45, 2.75) is 0 Å². The lowest BCUT2D eigenvalue weighted by molar-refractivity contribution is 0.669. The van der Waals surface area contributed by atoms with E-state index in [1.54, 1.807) is 24.3 Å². The van der Waals surface area contributed by atoms with Crippen molar-refractivity contribution >= 4 is 43.7 Å². The van der Waals surface area contributed by atoms with Crippen LogP contribution in [0.15, 0.2) is 174 Å². The molecule has 10 rings (SSSR count). The van der Waals surface area contributed by atoms with Gasteiger partial charge in [-0.2, -0.15) is 0 Å². The van der Waals surface area contributed by atoms with E-state index < -0.39 is 72.2 Å². The van der Waals surface area contributed by atoms with Gasteiger partial charge in [0.2, 0.25) is 0 Å². The number of fused-ring (bicyclic) bond motifs is 6. The van der Waals surface area contributed by atoms with Gasteiger partial charge < -0.3 is 8.98 Å². The summed E-state index contributed by atoms with van der Waals surface area (Å²) in [6.45, 7) is 0. The minimum atomic E-state index is -0.707. The molecule has 0 bridgehead atoms. The normalized spacial score (nSPS) is 15.0. The Bertz CT molecular complexity index is 3540. The molecule has 0 N–H and O–H groups in total. The third-order valence-corrected chi connectivity index (χ3v) is 8.58. The molecule has 0 aliphatic carbocycles. The first-order valence-electron chi connectivity index (χ1n) is 21.7. The van der Waals surface area contributed by atoms with Crippen molar-refractivity contribution in [3.05, 3.63) is 170 Å². The molecule has 0 atom stereocenters. The zero-order valence-electron chi connectivity index (χ0n) is 37.9. The fraction of sp³-hybridized carbons (Fsp3) is 0. The van der Waals surface area contributed by atoms with Crippen molar-refractivity contribution in [2.24, 2.45) is 0 Å². The van der Waals surface area contributed by atoms with Gasteiger partial charge in [-0.05, 0) is 65.6 Å². The number of benzene rings is 7. The highest BCUT2D eigenvalue weighted by atomic mass is 16.3. The first-order valence-corrected chi connectivity index (χ1v) is 15.7. The molecule has 50 heavy (non-hydrogen) atoms. The first-order chi connectivity index (χ1) is 29.8. The van der Waals surface area contributed by atoms with Crippen LogP contribution in [0.25, 0.3) is 94.7 Å². The molecule has 0 aliphatic rings. The SMILES string of the molecule is [2H]c1c([2H])c([2H])c(-n2c3c([2H])c([2H])c([2H])c([2H])c3c3c([2H])c(-c4cccc(-c5nc(-c6ccccc6)nc(-c6ccc7c(c6)oc6ccccc67)n5)c4)c([2H])c([2H])c32)c([2H])c1[2H]. The van der Waals surface area contributed by atoms with Crippen LogP contribution < -0.4 is 0 Å². The molecule has 7 aromatic carbocycles. The molecule has 0 spiro atoms. The number of nitrogens with zero attached hydrogens (tertiary/aromatic N) is 4. The van der Waals surface area contributed by atoms with Crippen molar-refractivity contribution in [2.75, 3.05) is 0 Å². The van der Waals surface area contributed by atoms with Gasteiger partial charge in [-0.15, -0.1) is 0 Å². The summed E-state index contributed by atoms with van der Waals surface area (Å²) in [6.07, 6.45) is 0. The van der Waals surface area contributed by atoms with Gasteiger partial charge in [0.1, 0.15) is 11.2 Å². The average Bonchev–Trinajstić information content (AvgIpc) is 3.85. The third-order valence-electron chi connectivity index (χ3n) is 8.58. The van der Waals surface area contributed by atoms with Crippen molar-refractivity contribution in [3.63, 3.8) is 0 Å². The summed E-state index contributed by atoms with van der Waals surface area (Å²) in [7, 11) is 0. The van der Waals surface area contributed by atoms with Crippen molar-refractivity contribution in [3.8, 4) is 51.0 Å². The van der Waals surface area contributed by atoms with E-state index >= 15 is 0 Å². The zero-order chi connectivity index (χ0) is 43.5.